The van der Waals surface area contributed by atoms with Crippen LogP contribution in [0.4, 0.5) is 0 Å². The maximum Gasteiger partial charge on any atom is 0.326 e. The molecule has 0 radical (unpaired) electrons. The van der Waals surface area contributed by atoms with Crippen LogP contribution in [0.15, 0.2) is 23.0 Å². The van der Waals surface area contributed by atoms with Gasteiger partial charge in [0.2, 0.25) is 5.91 Å². The molecule has 0 spiro atoms. The van der Waals surface area contributed by atoms with E-state index in [1.165, 1.54) is 0 Å². The van der Waals surface area contributed by atoms with Crippen molar-refractivity contribution < 1.29 is 19.1 Å². The molecule has 1 unspecified atom stereocenters. The minimum atomic E-state index is -0.986. The van der Waals surface area contributed by atoms with E-state index in [4.69, 9.17) is 9.52 Å². The second kappa shape index (κ2) is 6.83. The largest absolute Gasteiger partial charge is 0.480 e. The van der Waals surface area contributed by atoms with Gasteiger partial charge in [0.15, 0.2) is 0 Å². The van der Waals surface area contributed by atoms with Crippen molar-refractivity contribution in [3.05, 3.63) is 24.2 Å². The first-order chi connectivity index (χ1) is 8.49. The molecule has 0 aliphatic rings. The highest BCUT2D eigenvalue weighted by molar-refractivity contribution is 5.83. The molecule has 5 nitrogen and oxygen atoms in total. The van der Waals surface area contributed by atoms with Crippen molar-refractivity contribution in [3.8, 4) is 0 Å². The molecule has 2 N–H and O–H groups in total. The highest BCUT2D eigenvalue weighted by atomic mass is 16.4. The summed E-state index contributed by atoms with van der Waals surface area (Å²) < 4.78 is 4.89. The Morgan fingerprint density at radius 3 is 2.67 bits per heavy atom. The van der Waals surface area contributed by atoms with E-state index in [2.05, 4.69) is 5.32 Å². The molecule has 0 aliphatic carbocycles. The van der Waals surface area contributed by atoms with Crippen molar-refractivity contribution >= 4 is 11.9 Å². The van der Waals surface area contributed by atoms with Crippen LogP contribution in [-0.2, 0) is 16.0 Å². The lowest BCUT2D eigenvalue weighted by molar-refractivity contribution is -0.142. The van der Waals surface area contributed by atoms with Crippen molar-refractivity contribution in [1.29, 1.82) is 0 Å². The number of carbonyl (C=O) groups is 2. The normalized spacial score (nSPS) is 12.4. The van der Waals surface area contributed by atoms with E-state index in [-0.39, 0.29) is 18.2 Å². The lowest BCUT2D eigenvalue weighted by atomic mass is 10.0. The summed E-state index contributed by atoms with van der Waals surface area (Å²) >= 11 is 0. The van der Waals surface area contributed by atoms with Gasteiger partial charge in [0.05, 0.1) is 12.5 Å². The van der Waals surface area contributed by atoms with E-state index in [1.807, 2.05) is 13.8 Å². The first-order valence-corrected chi connectivity index (χ1v) is 6.02. The molecule has 5 heteroatoms. The van der Waals surface area contributed by atoms with Crippen LogP contribution in [0.1, 0.15) is 32.3 Å². The van der Waals surface area contributed by atoms with Crippen LogP contribution in [0.25, 0.3) is 0 Å². The van der Waals surface area contributed by atoms with E-state index < -0.39 is 12.0 Å². The maximum atomic E-state index is 11.6. The zero-order chi connectivity index (χ0) is 13.5. The summed E-state index contributed by atoms with van der Waals surface area (Å²) in [5.74, 6) is -1.01. The van der Waals surface area contributed by atoms with Gasteiger partial charge >= 0.3 is 5.97 Å². The molecule has 0 aliphatic heterocycles. The Balaban J connectivity index is 2.39. The van der Waals surface area contributed by atoms with Crippen LogP contribution in [0.2, 0.25) is 0 Å². The van der Waals surface area contributed by atoms with E-state index >= 15 is 0 Å². The summed E-state index contributed by atoms with van der Waals surface area (Å²) in [7, 11) is 0. The zero-order valence-electron chi connectivity index (χ0n) is 10.7. The van der Waals surface area contributed by atoms with Crippen LogP contribution in [0.3, 0.4) is 0 Å². The van der Waals surface area contributed by atoms with E-state index in [0.717, 1.165) is 5.56 Å². The third-order valence-electron chi connectivity index (χ3n) is 2.56. The number of aryl methyl sites for hydroxylation is 1. The highest BCUT2D eigenvalue weighted by Crippen LogP contribution is 2.07. The predicted octanol–water partition coefficient (Wildman–Crippen LogP) is 1.83. The molecule has 0 aromatic carbocycles. The number of nitrogens with one attached hydrogen (secondary N) is 1. The summed E-state index contributed by atoms with van der Waals surface area (Å²) in [4.78, 5) is 22.6. The molecule has 0 fully saturated rings. The molecule has 1 aromatic rings. The maximum absolute atomic E-state index is 11.6. The number of aliphatic carboxylic acids is 1. The van der Waals surface area contributed by atoms with Crippen LogP contribution in [0, 0.1) is 5.92 Å². The number of furan rings is 1. The Bertz CT molecular complexity index is 384. The van der Waals surface area contributed by atoms with Gasteiger partial charge in [0.1, 0.15) is 6.04 Å². The van der Waals surface area contributed by atoms with Crippen molar-refractivity contribution in [2.24, 2.45) is 5.92 Å². The van der Waals surface area contributed by atoms with Gasteiger partial charge in [-0.15, -0.1) is 0 Å². The average Bonchev–Trinajstić information content (AvgIpc) is 2.77. The Morgan fingerprint density at radius 1 is 1.44 bits per heavy atom. The minimum Gasteiger partial charge on any atom is -0.480 e. The molecule has 1 aromatic heterocycles. The van der Waals surface area contributed by atoms with Crippen molar-refractivity contribution in [3.63, 3.8) is 0 Å². The monoisotopic (exact) mass is 253 g/mol. The van der Waals surface area contributed by atoms with Crippen LogP contribution < -0.4 is 5.32 Å². The third-order valence-corrected chi connectivity index (χ3v) is 2.56. The average molecular weight is 253 g/mol. The van der Waals surface area contributed by atoms with Crippen molar-refractivity contribution in [1.82, 2.24) is 5.32 Å². The van der Waals surface area contributed by atoms with Gasteiger partial charge in [-0.2, -0.15) is 0 Å². The molecular weight excluding hydrogens is 234 g/mol. The minimum absolute atomic E-state index is 0.222. The lowest BCUT2D eigenvalue weighted by Crippen LogP contribution is -2.41. The number of carboxylic acids is 1. The topological polar surface area (TPSA) is 79.5 Å². The molecular formula is C13H19NO4. The summed E-state index contributed by atoms with van der Waals surface area (Å²) in [5, 5.41) is 11.5. The molecule has 0 bridgehead atoms. The lowest BCUT2D eigenvalue weighted by Gasteiger charge is -2.16. The van der Waals surface area contributed by atoms with Gasteiger partial charge < -0.3 is 14.8 Å². The van der Waals surface area contributed by atoms with Crippen molar-refractivity contribution in [2.45, 2.75) is 39.2 Å². The molecule has 100 valence electrons. The highest BCUT2D eigenvalue weighted by Gasteiger charge is 2.20. The standard InChI is InChI=1S/C13H19NO4/c1-9(2)7-11(13(16)17)14-12(15)4-3-10-5-6-18-8-10/h5-6,8-9,11H,3-4,7H2,1-2H3,(H,14,15)(H,16,17). The molecule has 1 heterocycles. The van der Waals surface area contributed by atoms with Crippen LogP contribution >= 0.6 is 0 Å². The molecule has 0 saturated carbocycles. The first kappa shape index (κ1) is 14.3. The second-order valence-corrected chi connectivity index (χ2v) is 4.72. The first-order valence-electron chi connectivity index (χ1n) is 6.02. The Labute approximate surface area is 106 Å². The van der Waals surface area contributed by atoms with Gasteiger partial charge in [-0.25, -0.2) is 4.79 Å². The molecule has 1 atom stereocenters. The van der Waals surface area contributed by atoms with E-state index in [9.17, 15) is 9.59 Å². The number of hydrogen-bond donors (Lipinski definition) is 2. The summed E-state index contributed by atoms with van der Waals surface area (Å²) in [5.41, 5.74) is 0.931. The summed E-state index contributed by atoms with van der Waals surface area (Å²) in [6.45, 7) is 3.85. The zero-order valence-corrected chi connectivity index (χ0v) is 10.7. The SMILES string of the molecule is CC(C)CC(NC(=O)CCc1ccoc1)C(=O)O. The third kappa shape index (κ3) is 5.03. The number of rotatable bonds is 7. The molecule has 0 saturated heterocycles. The van der Waals surface area contributed by atoms with Crippen LogP contribution in [-0.4, -0.2) is 23.0 Å². The number of amides is 1. The Hall–Kier alpha value is -1.78. The molecule has 1 amide bonds. The second-order valence-electron chi connectivity index (χ2n) is 4.72. The predicted molar refractivity (Wildman–Crippen MR) is 66.1 cm³/mol. The summed E-state index contributed by atoms with van der Waals surface area (Å²) in [6, 6.07) is 0.984. The fourth-order valence-corrected chi connectivity index (χ4v) is 1.65. The van der Waals surface area contributed by atoms with E-state index in [1.54, 1.807) is 18.6 Å². The fraction of sp³-hybridized carbons (Fsp3) is 0.538. The quantitative estimate of drug-likeness (QED) is 0.777. The Morgan fingerprint density at radius 2 is 2.17 bits per heavy atom. The molecule has 1 rings (SSSR count). The van der Waals surface area contributed by atoms with Crippen molar-refractivity contribution in [2.75, 3.05) is 0 Å². The van der Waals surface area contributed by atoms with Crippen LogP contribution in [0.5, 0.6) is 0 Å². The van der Waals surface area contributed by atoms with Gasteiger partial charge in [-0.1, -0.05) is 13.8 Å². The fourth-order valence-electron chi connectivity index (χ4n) is 1.65. The van der Waals surface area contributed by atoms with Gasteiger partial charge in [-0.05, 0) is 30.4 Å². The summed E-state index contributed by atoms with van der Waals surface area (Å²) in [6.07, 6.45) is 4.38. The van der Waals surface area contributed by atoms with Gasteiger partial charge in [-0.3, -0.25) is 4.79 Å². The number of carboxylic acid groups (broad SMARTS) is 1. The van der Waals surface area contributed by atoms with Gasteiger partial charge in [0, 0.05) is 6.42 Å². The number of carbonyl (C=O) groups excluding carboxylic acids is 1. The van der Waals surface area contributed by atoms with E-state index in [0.29, 0.717) is 12.8 Å². The molecule has 18 heavy (non-hydrogen) atoms. The smallest absolute Gasteiger partial charge is 0.326 e. The Kier molecular flexibility index (Phi) is 5.42. The van der Waals surface area contributed by atoms with Gasteiger partial charge in [0.25, 0.3) is 0 Å². The number of hydrogen-bond acceptors (Lipinski definition) is 3.